The molecule has 0 saturated heterocycles. The quantitative estimate of drug-likeness (QED) is 0.318. The van der Waals surface area contributed by atoms with E-state index in [9.17, 15) is 45.5 Å². The van der Waals surface area contributed by atoms with E-state index in [-0.39, 0.29) is 0 Å². The van der Waals surface area contributed by atoms with Gasteiger partial charge in [0.05, 0.1) is 9.82 Å². The van der Waals surface area contributed by atoms with Gasteiger partial charge in [-0.1, -0.05) is 0 Å². The van der Waals surface area contributed by atoms with Crippen LogP contribution in [-0.4, -0.2) is 40.0 Å². The zero-order valence-electron chi connectivity index (χ0n) is 11.7. The van der Waals surface area contributed by atoms with Gasteiger partial charge in [-0.05, 0) is 12.1 Å². The Morgan fingerprint density at radius 3 is 2.28 bits per heavy atom. The minimum absolute atomic E-state index is 0.319. The summed E-state index contributed by atoms with van der Waals surface area (Å²) in [7, 11) is -3.54. The molecule has 0 heterocycles. The van der Waals surface area contributed by atoms with Crippen LogP contribution in [0.4, 0.5) is 32.0 Å². The molecule has 0 aromatic heterocycles. The number of nitro benzene ring substituents is 1. The predicted octanol–water partition coefficient (Wildman–Crippen LogP) is 2.71. The number of carbonyl (C=O) groups excluding carboxylic acids is 1. The van der Waals surface area contributed by atoms with E-state index in [4.69, 9.17) is 0 Å². The average molecular weight is 395 g/mol. The lowest BCUT2D eigenvalue weighted by Crippen LogP contribution is -2.23. The molecule has 0 spiro atoms. The van der Waals surface area contributed by atoms with Gasteiger partial charge in [0.2, 0.25) is 0 Å². The Balaban J connectivity index is 2.89. The molecule has 1 aromatic rings. The van der Waals surface area contributed by atoms with Crippen molar-refractivity contribution in [2.45, 2.75) is 16.6 Å². The molecule has 0 N–H and O–H groups in total. The van der Waals surface area contributed by atoms with E-state index >= 15 is 0 Å². The maximum Gasteiger partial charge on any atom is 0.475 e. The molecule has 1 aromatic carbocycles. The van der Waals surface area contributed by atoms with E-state index in [2.05, 4.69) is 9.47 Å². The highest BCUT2D eigenvalue weighted by Crippen LogP contribution is 2.33. The molecule has 0 bridgehead atoms. The van der Waals surface area contributed by atoms with Crippen molar-refractivity contribution in [3.63, 3.8) is 0 Å². The largest absolute Gasteiger partial charge is 0.475 e. The number of esters is 1. The lowest BCUT2D eigenvalue weighted by molar-refractivity contribution is -0.386. The Labute approximate surface area is 137 Å². The van der Waals surface area contributed by atoms with E-state index < -0.39 is 62.9 Å². The summed E-state index contributed by atoms with van der Waals surface area (Å²) in [6.45, 7) is -3.06. The summed E-state index contributed by atoms with van der Waals surface area (Å²) in [5, 5.41) is 10.8. The highest BCUT2D eigenvalue weighted by molar-refractivity contribution is 7.86. The number of alkyl halides is 6. The standard InChI is InChI=1S/C11H7F6NO6S/c12-10(13,14)5-24-9(19)4-23-8-2-1-6(3-7(8)18(20)21)25(22)11(15,16)17/h1-3H,4-5H2. The summed E-state index contributed by atoms with van der Waals surface area (Å²) in [5.74, 6) is -2.22. The third-order valence-corrected chi connectivity index (χ3v) is 3.40. The number of hydrogen-bond donors (Lipinski definition) is 0. The van der Waals surface area contributed by atoms with Gasteiger partial charge in [0.25, 0.3) is 0 Å². The molecule has 0 radical (unpaired) electrons. The first kappa shape index (κ1) is 20.7. The van der Waals surface area contributed by atoms with E-state index in [1.165, 1.54) is 0 Å². The SMILES string of the molecule is O=C(COc1ccc(S(=O)C(F)(F)F)cc1[N+](=O)[O-])OCC(F)(F)F. The van der Waals surface area contributed by atoms with E-state index in [0.29, 0.717) is 18.2 Å². The summed E-state index contributed by atoms with van der Waals surface area (Å²) in [4.78, 5) is 19.8. The van der Waals surface area contributed by atoms with Gasteiger partial charge in [-0.2, -0.15) is 26.3 Å². The fourth-order valence-corrected chi connectivity index (χ4v) is 2.03. The minimum atomic E-state index is -5.16. The highest BCUT2D eigenvalue weighted by atomic mass is 32.2. The predicted molar refractivity (Wildman–Crippen MR) is 68.1 cm³/mol. The lowest BCUT2D eigenvalue weighted by atomic mass is 10.3. The molecule has 14 heteroatoms. The van der Waals surface area contributed by atoms with Crippen molar-refractivity contribution < 1.29 is 49.7 Å². The summed E-state index contributed by atoms with van der Waals surface area (Å²) < 4.78 is 92.1. The molecule has 140 valence electrons. The zero-order valence-corrected chi connectivity index (χ0v) is 12.5. The van der Waals surface area contributed by atoms with Crippen LogP contribution in [0.3, 0.4) is 0 Å². The first-order valence-electron chi connectivity index (χ1n) is 5.93. The summed E-state index contributed by atoms with van der Waals surface area (Å²) in [6, 6.07) is 1.56. The van der Waals surface area contributed by atoms with Crippen molar-refractivity contribution in [3.8, 4) is 5.75 Å². The molecule has 1 rings (SSSR count). The monoisotopic (exact) mass is 395 g/mol. The molecule has 0 amide bonds. The molecular formula is C11H7F6NO6S. The van der Waals surface area contributed by atoms with Crippen molar-refractivity contribution in [2.24, 2.45) is 0 Å². The van der Waals surface area contributed by atoms with Crippen LogP contribution in [0.5, 0.6) is 5.75 Å². The number of hydrogen-bond acceptors (Lipinski definition) is 6. The van der Waals surface area contributed by atoms with Crippen LogP contribution in [-0.2, 0) is 20.3 Å². The molecule has 7 nitrogen and oxygen atoms in total. The van der Waals surface area contributed by atoms with Crippen molar-refractivity contribution in [1.29, 1.82) is 0 Å². The Bertz CT molecular complexity index is 689. The Hall–Kier alpha value is -2.38. The van der Waals surface area contributed by atoms with Crippen LogP contribution in [0.2, 0.25) is 0 Å². The van der Waals surface area contributed by atoms with Crippen molar-refractivity contribution in [2.75, 3.05) is 13.2 Å². The summed E-state index contributed by atoms with van der Waals surface area (Å²) >= 11 is 0. The van der Waals surface area contributed by atoms with Gasteiger partial charge in [0, 0.05) is 6.07 Å². The minimum Gasteiger partial charge on any atom is -0.475 e. The third-order valence-electron chi connectivity index (χ3n) is 2.29. The number of benzene rings is 1. The zero-order chi connectivity index (χ0) is 19.4. The Morgan fingerprint density at radius 2 is 1.80 bits per heavy atom. The van der Waals surface area contributed by atoms with Crippen LogP contribution < -0.4 is 4.74 Å². The van der Waals surface area contributed by atoms with Crippen LogP contribution in [0.15, 0.2) is 23.1 Å². The van der Waals surface area contributed by atoms with E-state index in [0.717, 1.165) is 0 Å². The second kappa shape index (κ2) is 7.67. The van der Waals surface area contributed by atoms with Gasteiger partial charge >= 0.3 is 23.3 Å². The van der Waals surface area contributed by atoms with Gasteiger partial charge in [0.15, 0.2) is 29.8 Å². The molecule has 1 unspecified atom stereocenters. The summed E-state index contributed by atoms with van der Waals surface area (Å²) in [6.07, 6.45) is -4.79. The van der Waals surface area contributed by atoms with Crippen LogP contribution in [0.1, 0.15) is 0 Å². The van der Waals surface area contributed by atoms with Gasteiger partial charge in [-0.15, -0.1) is 0 Å². The van der Waals surface area contributed by atoms with Crippen molar-refractivity contribution in [1.82, 2.24) is 0 Å². The molecule has 0 aliphatic carbocycles. The van der Waals surface area contributed by atoms with E-state index in [1.54, 1.807) is 0 Å². The number of nitro groups is 1. The van der Waals surface area contributed by atoms with Crippen molar-refractivity contribution >= 4 is 22.5 Å². The van der Waals surface area contributed by atoms with Crippen LogP contribution in [0, 0.1) is 10.1 Å². The average Bonchev–Trinajstić information content (AvgIpc) is 2.48. The fraction of sp³-hybridized carbons (Fsp3) is 0.364. The van der Waals surface area contributed by atoms with Crippen molar-refractivity contribution in [3.05, 3.63) is 28.3 Å². The Kier molecular flexibility index (Phi) is 6.34. The molecule has 0 saturated carbocycles. The van der Waals surface area contributed by atoms with Crippen LogP contribution in [0.25, 0.3) is 0 Å². The summed E-state index contributed by atoms with van der Waals surface area (Å²) in [5.41, 5.74) is -6.21. The molecule has 1 atom stereocenters. The van der Waals surface area contributed by atoms with E-state index in [1.807, 2.05) is 0 Å². The molecule has 25 heavy (non-hydrogen) atoms. The fourth-order valence-electron chi connectivity index (χ4n) is 1.35. The second-order valence-corrected chi connectivity index (χ2v) is 5.64. The van der Waals surface area contributed by atoms with Crippen LogP contribution >= 0.6 is 0 Å². The maximum absolute atomic E-state index is 12.3. The smallest absolute Gasteiger partial charge is 0.475 e. The molecule has 0 aliphatic heterocycles. The number of carbonyl (C=O) groups is 1. The molecular weight excluding hydrogens is 388 g/mol. The maximum atomic E-state index is 12.3. The third kappa shape index (κ3) is 6.56. The highest BCUT2D eigenvalue weighted by Gasteiger charge is 2.39. The van der Waals surface area contributed by atoms with Gasteiger partial charge in [-0.25, -0.2) is 9.00 Å². The topological polar surface area (TPSA) is 95.7 Å². The van der Waals surface area contributed by atoms with Gasteiger partial charge in [-0.3, -0.25) is 10.1 Å². The molecule has 0 fully saturated rings. The number of ether oxygens (including phenoxy) is 2. The lowest BCUT2D eigenvalue weighted by Gasteiger charge is -2.10. The molecule has 0 aliphatic rings. The number of halogens is 6. The van der Waals surface area contributed by atoms with Gasteiger partial charge < -0.3 is 9.47 Å². The number of rotatable bonds is 6. The van der Waals surface area contributed by atoms with Gasteiger partial charge in [0.1, 0.15) is 0 Å². The number of nitrogens with zero attached hydrogens (tertiary/aromatic N) is 1. The Morgan fingerprint density at radius 1 is 1.20 bits per heavy atom. The normalized spacial score (nSPS) is 13.2. The first-order valence-corrected chi connectivity index (χ1v) is 7.08. The first-order chi connectivity index (χ1) is 11.3. The second-order valence-electron chi connectivity index (χ2n) is 4.17.